The predicted molar refractivity (Wildman–Crippen MR) is 72.0 cm³/mol. The average Bonchev–Trinajstić information content (AvgIpc) is 2.42. The Morgan fingerprint density at radius 3 is 2.89 bits per heavy atom. The molecule has 0 N–H and O–H groups in total. The molecule has 0 saturated carbocycles. The molecule has 1 atom stereocenters. The average molecular weight is 260 g/mol. The molecule has 2 nitrogen and oxygen atoms in total. The van der Waals surface area contributed by atoms with E-state index in [9.17, 15) is 0 Å². The molecule has 0 amide bonds. The van der Waals surface area contributed by atoms with Crippen LogP contribution in [0.2, 0.25) is 5.02 Å². The van der Waals surface area contributed by atoms with E-state index < -0.39 is 0 Å². The van der Waals surface area contributed by atoms with Crippen molar-refractivity contribution in [2.45, 2.75) is 25.4 Å². The smallest absolute Gasteiger partial charge is 0.213 e. The van der Waals surface area contributed by atoms with Crippen LogP contribution in [-0.2, 0) is 6.42 Å². The lowest BCUT2D eigenvalue weighted by molar-refractivity contribution is 0.176. The Kier molecular flexibility index (Phi) is 3.20. The summed E-state index contributed by atoms with van der Waals surface area (Å²) in [5, 5.41) is 0.631. The quantitative estimate of drug-likeness (QED) is 0.807. The van der Waals surface area contributed by atoms with E-state index in [1.807, 2.05) is 6.07 Å². The Labute approximate surface area is 112 Å². The second-order valence-corrected chi connectivity index (χ2v) is 4.95. The number of fused-ring (bicyclic) bond motifs is 1. The van der Waals surface area contributed by atoms with Gasteiger partial charge in [0.05, 0.1) is 5.02 Å². The Hall–Kier alpha value is -1.54. The fourth-order valence-corrected chi connectivity index (χ4v) is 2.52. The van der Waals surface area contributed by atoms with Gasteiger partial charge >= 0.3 is 0 Å². The molecule has 2 aromatic rings. The molecule has 3 rings (SSSR count). The molecule has 1 aromatic carbocycles. The number of rotatable bonds is 2. The monoisotopic (exact) mass is 259 g/mol. The molecule has 18 heavy (non-hydrogen) atoms. The number of pyridine rings is 1. The number of aromatic nitrogens is 1. The van der Waals surface area contributed by atoms with Crippen molar-refractivity contribution in [3.8, 4) is 5.88 Å². The van der Waals surface area contributed by atoms with Crippen LogP contribution in [0.25, 0.3) is 0 Å². The van der Waals surface area contributed by atoms with Gasteiger partial charge in [-0.05, 0) is 36.5 Å². The molecule has 0 bridgehead atoms. The van der Waals surface area contributed by atoms with Crippen LogP contribution in [0.15, 0.2) is 42.6 Å². The summed E-state index contributed by atoms with van der Waals surface area (Å²) in [7, 11) is 0. The molecule has 0 fully saturated rings. The van der Waals surface area contributed by atoms with E-state index in [0.717, 1.165) is 19.3 Å². The van der Waals surface area contributed by atoms with E-state index in [4.69, 9.17) is 16.3 Å². The standard InChI is InChI=1S/C15H14ClNO/c16-12-8-9-15(17-10-12)18-14-7-3-5-11-4-1-2-6-13(11)14/h1-2,4,6,8-10,14H,3,5,7H2. The van der Waals surface area contributed by atoms with Crippen molar-refractivity contribution in [2.75, 3.05) is 0 Å². The second-order valence-electron chi connectivity index (χ2n) is 4.51. The molecule has 1 heterocycles. The maximum Gasteiger partial charge on any atom is 0.213 e. The van der Waals surface area contributed by atoms with Gasteiger partial charge in [-0.2, -0.15) is 0 Å². The van der Waals surface area contributed by atoms with Gasteiger partial charge in [0, 0.05) is 12.3 Å². The molecule has 1 aliphatic carbocycles. The van der Waals surface area contributed by atoms with Gasteiger partial charge in [0.1, 0.15) is 6.10 Å². The Morgan fingerprint density at radius 1 is 1.17 bits per heavy atom. The molecule has 1 aliphatic rings. The zero-order chi connectivity index (χ0) is 12.4. The number of halogens is 1. The summed E-state index contributed by atoms with van der Waals surface area (Å²) in [6.07, 6.45) is 5.08. The highest BCUT2D eigenvalue weighted by Crippen LogP contribution is 2.32. The van der Waals surface area contributed by atoms with Crippen molar-refractivity contribution in [2.24, 2.45) is 0 Å². The number of hydrogen-bond acceptors (Lipinski definition) is 2. The number of aryl methyl sites for hydroxylation is 1. The molecular weight excluding hydrogens is 246 g/mol. The number of nitrogens with zero attached hydrogens (tertiary/aromatic N) is 1. The van der Waals surface area contributed by atoms with Crippen LogP contribution in [0.4, 0.5) is 0 Å². The van der Waals surface area contributed by atoms with Gasteiger partial charge in [-0.1, -0.05) is 35.9 Å². The fourth-order valence-electron chi connectivity index (χ4n) is 2.41. The van der Waals surface area contributed by atoms with E-state index in [1.54, 1.807) is 12.3 Å². The first-order valence-corrected chi connectivity index (χ1v) is 6.57. The first kappa shape index (κ1) is 11.5. The first-order chi connectivity index (χ1) is 8.83. The summed E-state index contributed by atoms with van der Waals surface area (Å²) in [4.78, 5) is 4.19. The minimum absolute atomic E-state index is 0.114. The summed E-state index contributed by atoms with van der Waals surface area (Å²) < 4.78 is 5.97. The minimum atomic E-state index is 0.114. The summed E-state index contributed by atoms with van der Waals surface area (Å²) in [5.74, 6) is 0.640. The molecule has 1 aromatic heterocycles. The van der Waals surface area contributed by atoms with E-state index in [1.165, 1.54) is 11.1 Å². The van der Waals surface area contributed by atoms with Crippen molar-refractivity contribution >= 4 is 11.6 Å². The summed E-state index contributed by atoms with van der Waals surface area (Å²) >= 11 is 5.82. The largest absolute Gasteiger partial charge is 0.469 e. The number of benzene rings is 1. The molecule has 92 valence electrons. The van der Waals surface area contributed by atoms with Crippen molar-refractivity contribution in [1.82, 2.24) is 4.98 Å². The third kappa shape index (κ3) is 2.34. The van der Waals surface area contributed by atoms with Gasteiger partial charge in [-0.25, -0.2) is 4.98 Å². The van der Waals surface area contributed by atoms with E-state index in [-0.39, 0.29) is 6.10 Å². The lowest BCUT2D eigenvalue weighted by Gasteiger charge is -2.25. The SMILES string of the molecule is Clc1ccc(OC2CCCc3ccccc32)nc1. The van der Waals surface area contributed by atoms with Crippen molar-refractivity contribution in [3.05, 3.63) is 58.7 Å². The fraction of sp³-hybridized carbons (Fsp3) is 0.267. The molecule has 0 spiro atoms. The van der Waals surface area contributed by atoms with Crippen LogP contribution in [0.3, 0.4) is 0 Å². The zero-order valence-corrected chi connectivity index (χ0v) is 10.7. The lowest BCUT2D eigenvalue weighted by Crippen LogP contribution is -2.15. The predicted octanol–water partition coefficient (Wildman–Crippen LogP) is 4.19. The van der Waals surface area contributed by atoms with Gasteiger partial charge < -0.3 is 4.74 Å². The third-order valence-corrected chi connectivity index (χ3v) is 3.50. The van der Waals surface area contributed by atoms with Crippen molar-refractivity contribution < 1.29 is 4.74 Å². The van der Waals surface area contributed by atoms with Gasteiger partial charge in [0.2, 0.25) is 5.88 Å². The van der Waals surface area contributed by atoms with Crippen molar-refractivity contribution in [3.63, 3.8) is 0 Å². The summed E-state index contributed by atoms with van der Waals surface area (Å²) in [5.41, 5.74) is 2.68. The van der Waals surface area contributed by atoms with Crippen LogP contribution in [0, 0.1) is 0 Å². The minimum Gasteiger partial charge on any atom is -0.469 e. The van der Waals surface area contributed by atoms with Crippen molar-refractivity contribution in [1.29, 1.82) is 0 Å². The third-order valence-electron chi connectivity index (χ3n) is 3.28. The normalized spacial score (nSPS) is 18.2. The van der Waals surface area contributed by atoms with Crippen LogP contribution in [0.1, 0.15) is 30.1 Å². The van der Waals surface area contributed by atoms with E-state index in [2.05, 4.69) is 29.2 Å². The van der Waals surface area contributed by atoms with Crippen LogP contribution in [-0.4, -0.2) is 4.98 Å². The highest BCUT2D eigenvalue weighted by Gasteiger charge is 2.21. The van der Waals surface area contributed by atoms with E-state index >= 15 is 0 Å². The highest BCUT2D eigenvalue weighted by molar-refractivity contribution is 6.30. The van der Waals surface area contributed by atoms with E-state index in [0.29, 0.717) is 10.9 Å². The second kappa shape index (κ2) is 4.99. The van der Waals surface area contributed by atoms with Crippen LogP contribution in [0.5, 0.6) is 5.88 Å². The first-order valence-electron chi connectivity index (χ1n) is 6.19. The van der Waals surface area contributed by atoms with Gasteiger partial charge in [-0.3, -0.25) is 0 Å². The maximum atomic E-state index is 5.97. The molecule has 0 aliphatic heterocycles. The van der Waals surface area contributed by atoms with Gasteiger partial charge in [-0.15, -0.1) is 0 Å². The lowest BCUT2D eigenvalue weighted by atomic mass is 9.89. The van der Waals surface area contributed by atoms with Crippen LogP contribution >= 0.6 is 11.6 Å². The maximum absolute atomic E-state index is 5.97. The molecule has 0 saturated heterocycles. The Bertz CT molecular complexity index is 538. The Morgan fingerprint density at radius 2 is 2.06 bits per heavy atom. The summed E-state index contributed by atoms with van der Waals surface area (Å²) in [6, 6.07) is 12.1. The van der Waals surface area contributed by atoms with Crippen LogP contribution < -0.4 is 4.74 Å². The summed E-state index contributed by atoms with van der Waals surface area (Å²) in [6.45, 7) is 0. The molecule has 3 heteroatoms. The Balaban J connectivity index is 1.84. The topological polar surface area (TPSA) is 22.1 Å². The number of hydrogen-bond donors (Lipinski definition) is 0. The van der Waals surface area contributed by atoms with Gasteiger partial charge in [0.15, 0.2) is 0 Å². The zero-order valence-electron chi connectivity index (χ0n) is 9.97. The molecule has 0 radical (unpaired) electrons. The number of ether oxygens (including phenoxy) is 1. The van der Waals surface area contributed by atoms with Gasteiger partial charge in [0.25, 0.3) is 0 Å². The molecule has 1 unspecified atom stereocenters. The molecular formula is C15H14ClNO. The highest BCUT2D eigenvalue weighted by atomic mass is 35.5.